The van der Waals surface area contributed by atoms with Gasteiger partial charge in [-0.2, -0.15) is 14.6 Å². The molecule has 1 aliphatic carbocycles. The fourth-order valence-electron chi connectivity index (χ4n) is 4.02. The van der Waals surface area contributed by atoms with Crippen LogP contribution in [0.1, 0.15) is 17.7 Å². The Balaban J connectivity index is 1.44. The van der Waals surface area contributed by atoms with Crippen molar-refractivity contribution < 1.29 is 4.39 Å². The van der Waals surface area contributed by atoms with Crippen LogP contribution in [0.25, 0.3) is 5.78 Å². The first-order valence-electron chi connectivity index (χ1n) is 8.87. The zero-order chi connectivity index (χ0) is 17.7. The predicted molar refractivity (Wildman–Crippen MR) is 98.6 cm³/mol. The van der Waals surface area contributed by atoms with Crippen molar-refractivity contribution in [2.24, 2.45) is 0 Å². The van der Waals surface area contributed by atoms with Gasteiger partial charge >= 0.3 is 0 Å². The van der Waals surface area contributed by atoms with E-state index in [1.807, 2.05) is 4.52 Å². The van der Waals surface area contributed by atoms with Crippen LogP contribution in [-0.2, 0) is 12.8 Å². The maximum atomic E-state index is 14.2. The zero-order valence-electron chi connectivity index (χ0n) is 14.2. The van der Waals surface area contributed by atoms with Crippen molar-refractivity contribution in [3.05, 3.63) is 46.6 Å². The molecule has 3 heterocycles. The largest absolute Gasteiger partial charge is 0.366 e. The number of aromatic nitrogens is 4. The Kier molecular flexibility index (Phi) is 3.70. The van der Waals surface area contributed by atoms with E-state index in [2.05, 4.69) is 24.9 Å². The molecule has 0 spiro atoms. The van der Waals surface area contributed by atoms with E-state index < -0.39 is 0 Å². The summed E-state index contributed by atoms with van der Waals surface area (Å²) in [6, 6.07) is 4.87. The molecule has 0 bridgehead atoms. The molecule has 8 heteroatoms. The van der Waals surface area contributed by atoms with E-state index in [0.717, 1.165) is 57.0 Å². The molecule has 2 aromatic heterocycles. The standard InChI is InChI=1S/C18H18ClFN6/c19-12-4-5-16(14(20)10-12)24-6-8-25(9-7-24)17-13-2-1-3-15(13)23-18-21-11-22-26(17)18/h4-5,10-11H,1-3,6-9H2. The highest BCUT2D eigenvalue weighted by molar-refractivity contribution is 6.30. The van der Waals surface area contributed by atoms with Gasteiger partial charge in [0.05, 0.1) is 11.4 Å². The maximum absolute atomic E-state index is 14.2. The van der Waals surface area contributed by atoms with Crippen molar-refractivity contribution in [2.75, 3.05) is 36.0 Å². The third-order valence-electron chi connectivity index (χ3n) is 5.25. The molecular formula is C18H18ClFN6. The quantitative estimate of drug-likeness (QED) is 0.692. The summed E-state index contributed by atoms with van der Waals surface area (Å²) in [6.07, 6.45) is 4.71. The molecule has 0 amide bonds. The Labute approximate surface area is 155 Å². The maximum Gasteiger partial charge on any atom is 0.254 e. The molecule has 0 N–H and O–H groups in total. The van der Waals surface area contributed by atoms with Gasteiger partial charge < -0.3 is 9.80 Å². The van der Waals surface area contributed by atoms with E-state index in [-0.39, 0.29) is 5.82 Å². The molecule has 0 saturated carbocycles. The third kappa shape index (κ3) is 2.49. The Morgan fingerprint density at radius 1 is 1.04 bits per heavy atom. The molecular weight excluding hydrogens is 355 g/mol. The second kappa shape index (κ2) is 6.09. The zero-order valence-corrected chi connectivity index (χ0v) is 15.0. The average molecular weight is 373 g/mol. The fourth-order valence-corrected chi connectivity index (χ4v) is 4.18. The summed E-state index contributed by atoms with van der Waals surface area (Å²) in [5.74, 6) is 1.50. The van der Waals surface area contributed by atoms with Crippen LogP contribution in [0, 0.1) is 5.82 Å². The summed E-state index contributed by atoms with van der Waals surface area (Å²) in [6.45, 7) is 3.08. The molecule has 2 aliphatic rings. The van der Waals surface area contributed by atoms with Crippen molar-refractivity contribution >= 4 is 28.9 Å². The first kappa shape index (κ1) is 15.8. The molecule has 1 fully saturated rings. The number of halogens is 2. The molecule has 26 heavy (non-hydrogen) atoms. The lowest BCUT2D eigenvalue weighted by Gasteiger charge is -2.38. The molecule has 1 aromatic carbocycles. The molecule has 5 rings (SSSR count). The van der Waals surface area contributed by atoms with Crippen LogP contribution in [0.3, 0.4) is 0 Å². The highest BCUT2D eigenvalue weighted by atomic mass is 35.5. The van der Waals surface area contributed by atoms with E-state index in [1.54, 1.807) is 18.5 Å². The Hall–Kier alpha value is -2.41. The highest BCUT2D eigenvalue weighted by Crippen LogP contribution is 2.32. The molecule has 1 aliphatic heterocycles. The molecule has 0 atom stereocenters. The number of hydrogen-bond acceptors (Lipinski definition) is 5. The van der Waals surface area contributed by atoms with Crippen molar-refractivity contribution in [3.63, 3.8) is 0 Å². The lowest BCUT2D eigenvalue weighted by molar-refractivity contribution is 0.593. The Morgan fingerprint density at radius 3 is 2.65 bits per heavy atom. The first-order valence-corrected chi connectivity index (χ1v) is 9.25. The van der Waals surface area contributed by atoms with Gasteiger partial charge in [-0.15, -0.1) is 0 Å². The number of anilines is 2. The van der Waals surface area contributed by atoms with Crippen LogP contribution in [-0.4, -0.2) is 45.8 Å². The first-order chi connectivity index (χ1) is 12.7. The van der Waals surface area contributed by atoms with Crippen molar-refractivity contribution in [3.8, 4) is 0 Å². The van der Waals surface area contributed by atoms with Gasteiger partial charge in [-0.05, 0) is 37.5 Å². The number of fused-ring (bicyclic) bond motifs is 2. The number of rotatable bonds is 2. The minimum absolute atomic E-state index is 0.269. The van der Waals surface area contributed by atoms with Gasteiger partial charge in [0, 0.05) is 36.8 Å². The second-order valence-corrected chi connectivity index (χ2v) is 7.19. The van der Waals surface area contributed by atoms with E-state index in [9.17, 15) is 4.39 Å². The number of piperazine rings is 1. The summed E-state index contributed by atoms with van der Waals surface area (Å²) in [5.41, 5.74) is 3.04. The van der Waals surface area contributed by atoms with Gasteiger partial charge in [-0.3, -0.25) is 0 Å². The summed E-state index contributed by atoms with van der Waals surface area (Å²) in [5, 5.41) is 4.81. The molecule has 1 saturated heterocycles. The van der Waals surface area contributed by atoms with Crippen LogP contribution in [0.4, 0.5) is 15.9 Å². The average Bonchev–Trinajstić information content (AvgIpc) is 3.28. The van der Waals surface area contributed by atoms with Crippen LogP contribution >= 0.6 is 11.6 Å². The van der Waals surface area contributed by atoms with Crippen molar-refractivity contribution in [2.45, 2.75) is 19.3 Å². The number of nitrogens with zero attached hydrogens (tertiary/aromatic N) is 6. The smallest absolute Gasteiger partial charge is 0.254 e. The van der Waals surface area contributed by atoms with E-state index in [0.29, 0.717) is 16.5 Å². The summed E-state index contributed by atoms with van der Waals surface area (Å²) < 4.78 is 16.1. The predicted octanol–water partition coefficient (Wildman–Crippen LogP) is 2.73. The van der Waals surface area contributed by atoms with Gasteiger partial charge in [-0.1, -0.05) is 11.6 Å². The fraction of sp³-hybridized carbons (Fsp3) is 0.389. The van der Waals surface area contributed by atoms with Crippen LogP contribution in [0.2, 0.25) is 5.02 Å². The van der Waals surface area contributed by atoms with Gasteiger partial charge in [0.25, 0.3) is 5.78 Å². The number of hydrogen-bond donors (Lipinski definition) is 0. The summed E-state index contributed by atoms with van der Waals surface area (Å²) in [7, 11) is 0. The van der Waals surface area contributed by atoms with Crippen LogP contribution in [0.15, 0.2) is 24.5 Å². The van der Waals surface area contributed by atoms with Gasteiger partial charge in [-0.25, -0.2) is 9.37 Å². The van der Waals surface area contributed by atoms with Gasteiger partial charge in [0.15, 0.2) is 0 Å². The minimum atomic E-state index is -0.269. The third-order valence-corrected chi connectivity index (χ3v) is 5.49. The number of benzene rings is 1. The molecule has 134 valence electrons. The van der Waals surface area contributed by atoms with Gasteiger partial charge in [0.2, 0.25) is 0 Å². The van der Waals surface area contributed by atoms with E-state index in [1.165, 1.54) is 11.6 Å². The summed E-state index contributed by atoms with van der Waals surface area (Å²) in [4.78, 5) is 13.3. The van der Waals surface area contributed by atoms with Crippen molar-refractivity contribution in [1.29, 1.82) is 0 Å². The summed E-state index contributed by atoms with van der Waals surface area (Å²) >= 11 is 5.87. The molecule has 6 nitrogen and oxygen atoms in total. The second-order valence-electron chi connectivity index (χ2n) is 6.76. The molecule has 0 radical (unpaired) electrons. The monoisotopic (exact) mass is 372 g/mol. The van der Waals surface area contributed by atoms with E-state index >= 15 is 0 Å². The number of aryl methyl sites for hydroxylation is 1. The highest BCUT2D eigenvalue weighted by Gasteiger charge is 2.27. The van der Waals surface area contributed by atoms with E-state index in [4.69, 9.17) is 11.6 Å². The lowest BCUT2D eigenvalue weighted by Crippen LogP contribution is -2.47. The minimum Gasteiger partial charge on any atom is -0.366 e. The van der Waals surface area contributed by atoms with Gasteiger partial charge in [0.1, 0.15) is 18.0 Å². The lowest BCUT2D eigenvalue weighted by atomic mass is 10.2. The van der Waals surface area contributed by atoms with Crippen molar-refractivity contribution in [1.82, 2.24) is 19.6 Å². The molecule has 3 aromatic rings. The van der Waals surface area contributed by atoms with Crippen LogP contribution in [0.5, 0.6) is 0 Å². The Bertz CT molecular complexity index is 979. The SMILES string of the molecule is Fc1cc(Cl)ccc1N1CCN(c2c3c(nc4ncnn24)CCC3)CC1. The molecule has 0 unspecified atom stereocenters. The Morgan fingerprint density at radius 2 is 1.85 bits per heavy atom. The topological polar surface area (TPSA) is 49.6 Å². The van der Waals surface area contributed by atoms with Crippen LogP contribution < -0.4 is 9.80 Å². The normalized spacial score (nSPS) is 17.2.